The molecule has 3 amide bonds. The Morgan fingerprint density at radius 2 is 1.37 bits per heavy atom. The van der Waals surface area contributed by atoms with Gasteiger partial charge in [-0.05, 0) is 72.4 Å². The fourth-order valence-corrected chi connectivity index (χ4v) is 7.57. The van der Waals surface area contributed by atoms with Crippen LogP contribution in [0.25, 0.3) is 44.7 Å². The second-order valence-corrected chi connectivity index (χ2v) is 15.1. The summed E-state index contributed by atoms with van der Waals surface area (Å²) in [5, 5.41) is 3.72. The van der Waals surface area contributed by atoms with Gasteiger partial charge in [0.05, 0.1) is 60.2 Å². The van der Waals surface area contributed by atoms with Crippen molar-refractivity contribution in [2.24, 2.45) is 17.6 Å². The van der Waals surface area contributed by atoms with Crippen molar-refractivity contribution in [1.82, 2.24) is 40.0 Å². The molecule has 0 aliphatic carbocycles. The Bertz CT molecular complexity index is 2140. The number of hydrogen-bond donors (Lipinski definition) is 4. The van der Waals surface area contributed by atoms with Crippen molar-refractivity contribution in [2.45, 2.75) is 77.5 Å². The summed E-state index contributed by atoms with van der Waals surface area (Å²) in [5.41, 5.74) is 12.7. The van der Waals surface area contributed by atoms with Gasteiger partial charge in [-0.1, -0.05) is 64.1 Å². The number of amides is 3. The zero-order valence-corrected chi connectivity index (χ0v) is 31.5. The lowest BCUT2D eigenvalue weighted by molar-refractivity contribution is -0.136. The van der Waals surface area contributed by atoms with E-state index in [4.69, 9.17) is 15.5 Å². The SMILES string of the molecule is COC(=O)N[C@H](C(=O)N1CCC[C@H]1c1ncc(-c2ccc(-c3ccc4nc(-c5cnc([C@@H]6CCCN6C(=O)[C@@H](N)C(C)C)[nH]5)ccc4c3)cc2)[nH]1)C(C)C. The first-order valence-corrected chi connectivity index (χ1v) is 18.8. The van der Waals surface area contributed by atoms with Gasteiger partial charge in [-0.3, -0.25) is 9.59 Å². The van der Waals surface area contributed by atoms with Crippen LogP contribution in [0.4, 0.5) is 4.79 Å². The molecule has 2 aliphatic rings. The number of likely N-dealkylation sites (tertiary alicyclic amines) is 2. The summed E-state index contributed by atoms with van der Waals surface area (Å²) in [5.74, 6) is 1.31. The van der Waals surface area contributed by atoms with Gasteiger partial charge in [-0.25, -0.2) is 19.7 Å². The van der Waals surface area contributed by atoms with E-state index in [1.54, 1.807) is 6.20 Å². The predicted molar refractivity (Wildman–Crippen MR) is 207 cm³/mol. The number of nitrogens with one attached hydrogen (secondary N) is 3. The average Bonchev–Trinajstić information content (AvgIpc) is 4.02. The average molecular weight is 732 g/mol. The summed E-state index contributed by atoms with van der Waals surface area (Å²) in [6.07, 6.45) is 6.40. The largest absolute Gasteiger partial charge is 0.453 e. The lowest BCUT2D eigenvalue weighted by atomic mass is 10.0. The van der Waals surface area contributed by atoms with Gasteiger partial charge < -0.3 is 35.6 Å². The van der Waals surface area contributed by atoms with Gasteiger partial charge in [0.1, 0.15) is 17.7 Å². The monoisotopic (exact) mass is 731 g/mol. The standard InChI is InChI=1S/C41H49N9O4/c1-23(2)35(42)39(51)49-18-6-8-33(49)38-44-22-32(47-38)30-17-15-28-20-27(14-16-29(28)45-30)25-10-12-26(13-11-25)31-21-43-37(46-31)34-9-7-19-50(34)40(52)36(24(3)4)48-41(53)54-5/h10-17,20-24,33-36H,6-9,18-19,42H2,1-5H3,(H,43,46)(H,44,47)(H,48,53)/t33-,34-,35-,36-/m0/s1. The maximum Gasteiger partial charge on any atom is 0.407 e. The van der Waals surface area contributed by atoms with Crippen molar-refractivity contribution < 1.29 is 19.1 Å². The Hall–Kier alpha value is -5.56. The quantitative estimate of drug-likeness (QED) is 0.128. The Balaban J connectivity index is 1.03. The number of fused-ring (bicyclic) bond motifs is 1. The molecule has 0 saturated carbocycles. The summed E-state index contributed by atoms with van der Waals surface area (Å²) in [6, 6.07) is 17.1. The summed E-state index contributed by atoms with van der Waals surface area (Å²) >= 11 is 0. The molecular formula is C41H49N9O4. The van der Waals surface area contributed by atoms with Gasteiger partial charge in [-0.2, -0.15) is 0 Å². The topological polar surface area (TPSA) is 175 Å². The van der Waals surface area contributed by atoms with Crippen molar-refractivity contribution in [1.29, 1.82) is 0 Å². The molecule has 2 aliphatic heterocycles. The van der Waals surface area contributed by atoms with E-state index in [0.717, 1.165) is 82.0 Å². The number of aromatic nitrogens is 5. The van der Waals surface area contributed by atoms with E-state index in [0.29, 0.717) is 13.1 Å². The zero-order chi connectivity index (χ0) is 38.1. The number of alkyl carbamates (subject to hydrolysis) is 1. The number of nitrogens with zero attached hydrogens (tertiary/aromatic N) is 5. The van der Waals surface area contributed by atoms with Crippen molar-refractivity contribution in [3.63, 3.8) is 0 Å². The molecule has 0 bridgehead atoms. The Morgan fingerprint density at radius 3 is 2.00 bits per heavy atom. The maximum absolute atomic E-state index is 13.5. The number of aromatic amines is 2. The number of carbonyl (C=O) groups is 3. The summed E-state index contributed by atoms with van der Waals surface area (Å²) in [4.78, 5) is 63.4. The molecule has 2 saturated heterocycles. The van der Waals surface area contributed by atoms with Crippen LogP contribution >= 0.6 is 0 Å². The van der Waals surface area contributed by atoms with Gasteiger partial charge in [0, 0.05) is 18.5 Å². The van der Waals surface area contributed by atoms with E-state index in [1.165, 1.54) is 7.11 Å². The minimum Gasteiger partial charge on any atom is -0.453 e. The number of H-pyrrole nitrogens is 2. The van der Waals surface area contributed by atoms with Crippen molar-refractivity contribution in [3.8, 4) is 33.8 Å². The van der Waals surface area contributed by atoms with Gasteiger partial charge in [0.2, 0.25) is 11.8 Å². The predicted octanol–water partition coefficient (Wildman–Crippen LogP) is 6.37. The number of nitrogens with two attached hydrogens (primary N) is 1. The number of pyridine rings is 1. The second-order valence-electron chi connectivity index (χ2n) is 15.1. The number of hydrogen-bond acceptors (Lipinski definition) is 8. The molecule has 2 aromatic carbocycles. The minimum absolute atomic E-state index is 0.0241. The lowest BCUT2D eigenvalue weighted by Crippen LogP contribution is -2.51. The van der Waals surface area contributed by atoms with Crippen LogP contribution in [0, 0.1) is 11.8 Å². The smallest absolute Gasteiger partial charge is 0.407 e. The fourth-order valence-electron chi connectivity index (χ4n) is 7.57. The highest BCUT2D eigenvalue weighted by atomic mass is 16.5. The van der Waals surface area contributed by atoms with Gasteiger partial charge >= 0.3 is 6.09 Å². The van der Waals surface area contributed by atoms with Crippen LogP contribution in [0.1, 0.15) is 77.1 Å². The highest BCUT2D eigenvalue weighted by Gasteiger charge is 2.38. The number of imidazole rings is 2. The first kappa shape index (κ1) is 36.8. The molecular weight excluding hydrogens is 683 g/mol. The van der Waals surface area contributed by atoms with Crippen LogP contribution in [-0.2, 0) is 14.3 Å². The molecule has 54 heavy (non-hydrogen) atoms. The van der Waals surface area contributed by atoms with Gasteiger partial charge in [-0.15, -0.1) is 0 Å². The van der Waals surface area contributed by atoms with Crippen LogP contribution in [0.2, 0.25) is 0 Å². The van der Waals surface area contributed by atoms with Gasteiger partial charge in [0.25, 0.3) is 0 Å². The van der Waals surface area contributed by atoms with Gasteiger partial charge in [0.15, 0.2) is 0 Å². The van der Waals surface area contributed by atoms with Crippen molar-refractivity contribution >= 4 is 28.8 Å². The van der Waals surface area contributed by atoms with Crippen LogP contribution < -0.4 is 11.1 Å². The molecule has 13 nitrogen and oxygen atoms in total. The highest BCUT2D eigenvalue weighted by Crippen LogP contribution is 2.35. The molecule has 282 valence electrons. The summed E-state index contributed by atoms with van der Waals surface area (Å²) < 4.78 is 4.76. The van der Waals surface area contributed by atoms with E-state index in [2.05, 4.69) is 67.7 Å². The molecule has 0 unspecified atom stereocenters. The molecule has 2 fully saturated rings. The third kappa shape index (κ3) is 7.32. The van der Waals surface area contributed by atoms with E-state index >= 15 is 0 Å². The van der Waals surface area contributed by atoms with E-state index in [-0.39, 0.29) is 35.7 Å². The van der Waals surface area contributed by atoms with E-state index in [1.807, 2.05) is 55.8 Å². The Labute approximate surface area is 315 Å². The van der Waals surface area contributed by atoms with E-state index in [9.17, 15) is 14.4 Å². The molecule has 4 atom stereocenters. The Kier molecular flexibility index (Phi) is 10.5. The molecule has 0 spiro atoms. The zero-order valence-electron chi connectivity index (χ0n) is 31.5. The van der Waals surface area contributed by atoms with Crippen LogP contribution in [-0.4, -0.2) is 84.9 Å². The molecule has 3 aromatic heterocycles. The van der Waals surface area contributed by atoms with Crippen LogP contribution in [0.5, 0.6) is 0 Å². The number of rotatable bonds is 10. The van der Waals surface area contributed by atoms with Crippen molar-refractivity contribution in [3.05, 3.63) is 78.6 Å². The number of carbonyl (C=O) groups excluding carboxylic acids is 3. The minimum atomic E-state index is -0.681. The third-order valence-corrected chi connectivity index (χ3v) is 10.8. The third-order valence-electron chi connectivity index (χ3n) is 10.8. The summed E-state index contributed by atoms with van der Waals surface area (Å²) in [7, 11) is 1.29. The molecule has 13 heteroatoms. The number of benzene rings is 2. The summed E-state index contributed by atoms with van der Waals surface area (Å²) in [6.45, 7) is 9.03. The Morgan fingerprint density at radius 1 is 0.778 bits per heavy atom. The lowest BCUT2D eigenvalue weighted by Gasteiger charge is -2.30. The van der Waals surface area contributed by atoms with Crippen LogP contribution in [0.15, 0.2) is 67.0 Å². The molecule has 5 aromatic rings. The molecule has 5 N–H and O–H groups in total. The first-order valence-electron chi connectivity index (χ1n) is 18.8. The van der Waals surface area contributed by atoms with Crippen LogP contribution in [0.3, 0.4) is 0 Å². The number of ether oxygens (including phenoxy) is 1. The molecule has 5 heterocycles. The fraction of sp³-hybridized carbons (Fsp3) is 0.415. The molecule has 7 rings (SSSR count). The maximum atomic E-state index is 13.5. The highest BCUT2D eigenvalue weighted by molar-refractivity contribution is 5.87. The first-order chi connectivity index (χ1) is 26.0. The second kappa shape index (κ2) is 15.4. The normalized spacial score (nSPS) is 18.4. The van der Waals surface area contributed by atoms with E-state index < -0.39 is 18.2 Å². The molecule has 0 radical (unpaired) electrons. The van der Waals surface area contributed by atoms with Crippen molar-refractivity contribution in [2.75, 3.05) is 20.2 Å². The number of methoxy groups -OCH3 is 1.